The van der Waals surface area contributed by atoms with E-state index in [4.69, 9.17) is 19.2 Å². The molecule has 12 heteroatoms. The Bertz CT molecular complexity index is 2160. The average Bonchev–Trinajstić information content (AvgIpc) is 3.65. The number of ether oxygens (including phenoxy) is 3. The molecule has 0 saturated heterocycles. The van der Waals surface area contributed by atoms with E-state index < -0.39 is 12.0 Å². The molecule has 1 aromatic carbocycles. The minimum atomic E-state index is -0.824. The summed E-state index contributed by atoms with van der Waals surface area (Å²) in [4.78, 5) is 34.2. The summed E-state index contributed by atoms with van der Waals surface area (Å²) in [6, 6.07) is 7.23. The van der Waals surface area contributed by atoms with Crippen molar-refractivity contribution in [2.24, 2.45) is 4.99 Å². The predicted octanol–water partition coefficient (Wildman–Crippen LogP) is 5.80. The molecule has 238 valence electrons. The van der Waals surface area contributed by atoms with Crippen molar-refractivity contribution >= 4 is 50.6 Å². The van der Waals surface area contributed by atoms with Gasteiger partial charge >= 0.3 is 5.97 Å². The summed E-state index contributed by atoms with van der Waals surface area (Å²) in [5, 5.41) is 11.1. The van der Waals surface area contributed by atoms with Crippen LogP contribution in [0.15, 0.2) is 43.7 Å². The van der Waals surface area contributed by atoms with E-state index in [2.05, 4.69) is 26.6 Å². The van der Waals surface area contributed by atoms with E-state index in [-0.39, 0.29) is 17.7 Å². The zero-order valence-electron chi connectivity index (χ0n) is 26.4. The number of thiazole rings is 1. The van der Waals surface area contributed by atoms with E-state index in [9.17, 15) is 14.9 Å². The van der Waals surface area contributed by atoms with Gasteiger partial charge in [-0.15, -0.1) is 11.3 Å². The third kappa shape index (κ3) is 5.24. The monoisotopic (exact) mass is 720 g/mol. The van der Waals surface area contributed by atoms with Crippen molar-refractivity contribution in [3.8, 4) is 22.6 Å². The van der Waals surface area contributed by atoms with Gasteiger partial charge in [-0.05, 0) is 94.3 Å². The van der Waals surface area contributed by atoms with Gasteiger partial charge in [-0.1, -0.05) is 27.3 Å². The van der Waals surface area contributed by atoms with E-state index in [1.54, 1.807) is 49.0 Å². The van der Waals surface area contributed by atoms with Crippen molar-refractivity contribution < 1.29 is 19.0 Å². The van der Waals surface area contributed by atoms with Crippen molar-refractivity contribution in [2.75, 3.05) is 20.8 Å². The number of hydrogen-bond acceptors (Lipinski definition) is 9. The predicted molar refractivity (Wildman–Crippen MR) is 182 cm³/mol. The van der Waals surface area contributed by atoms with Crippen LogP contribution in [0.1, 0.15) is 71.2 Å². The smallest absolute Gasteiger partial charge is 0.338 e. The highest BCUT2D eigenvalue weighted by Crippen LogP contribution is 2.41. The zero-order valence-corrected chi connectivity index (χ0v) is 29.7. The standard InChI is InChI=1S/C34H33BrN4O5S2/c1-7-44-33(41)29-18(3)37-34-39(30(29)22-14-25(42-5)26(43-6)15-24(22)35)31(40)28(46-34)13-20-12-17(2)38(19(20)4)32-23(16-36)21-10-8-9-11-27(21)45-32/h12-15,30H,7-11H2,1-6H3/b28-13+/t30-/m0/s1. The first-order valence-electron chi connectivity index (χ1n) is 15.0. The van der Waals surface area contributed by atoms with Crippen molar-refractivity contribution in [3.05, 3.63) is 92.1 Å². The number of aryl methyl sites for hydroxylation is 2. The molecule has 0 spiro atoms. The van der Waals surface area contributed by atoms with E-state index >= 15 is 0 Å². The summed E-state index contributed by atoms with van der Waals surface area (Å²) < 4.78 is 21.3. The van der Waals surface area contributed by atoms with Gasteiger partial charge in [0.05, 0.1) is 48.2 Å². The van der Waals surface area contributed by atoms with Crippen LogP contribution < -0.4 is 24.4 Å². The van der Waals surface area contributed by atoms with Crippen molar-refractivity contribution in [1.82, 2.24) is 9.13 Å². The molecule has 0 amide bonds. The summed E-state index contributed by atoms with van der Waals surface area (Å²) in [7, 11) is 3.09. The number of esters is 1. The minimum absolute atomic E-state index is 0.177. The molecule has 3 aromatic heterocycles. The van der Waals surface area contributed by atoms with E-state index in [0.29, 0.717) is 36.6 Å². The van der Waals surface area contributed by atoms with Crippen LogP contribution in [0.4, 0.5) is 0 Å². The quantitative estimate of drug-likeness (QED) is 0.224. The second-order valence-corrected chi connectivity index (χ2v) is 14.1. The lowest BCUT2D eigenvalue weighted by Crippen LogP contribution is -2.40. The number of fused-ring (bicyclic) bond motifs is 2. The Morgan fingerprint density at radius 3 is 2.54 bits per heavy atom. The average molecular weight is 722 g/mol. The Kier molecular flexibility index (Phi) is 8.85. The topological polar surface area (TPSA) is 108 Å². The molecule has 6 rings (SSSR count). The van der Waals surface area contributed by atoms with Crippen LogP contribution in [0.25, 0.3) is 11.1 Å². The molecule has 4 aromatic rings. The number of halogens is 1. The Balaban J connectivity index is 1.54. The number of rotatable bonds is 7. The highest BCUT2D eigenvalue weighted by molar-refractivity contribution is 9.10. The Hall–Kier alpha value is -3.92. The number of methoxy groups -OCH3 is 2. The number of nitriles is 1. The molecule has 0 unspecified atom stereocenters. The maximum Gasteiger partial charge on any atom is 0.338 e. The molecule has 4 heterocycles. The van der Waals surface area contributed by atoms with E-state index in [1.807, 2.05) is 26.0 Å². The van der Waals surface area contributed by atoms with Gasteiger partial charge in [-0.2, -0.15) is 5.26 Å². The largest absolute Gasteiger partial charge is 0.493 e. The fourth-order valence-electron chi connectivity index (χ4n) is 6.38. The Morgan fingerprint density at radius 2 is 1.85 bits per heavy atom. The summed E-state index contributed by atoms with van der Waals surface area (Å²) in [5.74, 6) is 0.422. The molecule has 1 atom stereocenters. The number of nitrogens with zero attached hydrogens (tertiary/aromatic N) is 4. The fourth-order valence-corrected chi connectivity index (χ4v) is 9.40. The Labute approximate surface area is 282 Å². The third-order valence-corrected chi connectivity index (χ3v) is 11.5. The van der Waals surface area contributed by atoms with E-state index in [1.165, 1.54) is 28.9 Å². The number of hydrogen-bond donors (Lipinski definition) is 0. The molecule has 46 heavy (non-hydrogen) atoms. The molecule has 0 N–H and O–H groups in total. The van der Waals surface area contributed by atoms with Gasteiger partial charge in [0, 0.05) is 20.7 Å². The number of benzene rings is 1. The van der Waals surface area contributed by atoms with Gasteiger partial charge in [0.2, 0.25) is 0 Å². The van der Waals surface area contributed by atoms with Gasteiger partial charge in [0.1, 0.15) is 11.1 Å². The molecule has 1 aliphatic heterocycles. The molecule has 0 fully saturated rings. The Morgan fingerprint density at radius 1 is 1.13 bits per heavy atom. The van der Waals surface area contributed by atoms with Crippen molar-refractivity contribution in [3.63, 3.8) is 0 Å². The number of carbonyl (C=O) groups excluding carboxylic acids is 1. The molecule has 0 bridgehead atoms. The number of thiophene rings is 1. The molecule has 1 aliphatic carbocycles. The van der Waals surface area contributed by atoms with Crippen LogP contribution in [0.3, 0.4) is 0 Å². The highest BCUT2D eigenvalue weighted by atomic mass is 79.9. The molecule has 0 radical (unpaired) electrons. The molecule has 0 saturated carbocycles. The first-order chi connectivity index (χ1) is 22.1. The molecular formula is C34H33BrN4O5S2. The van der Waals surface area contributed by atoms with Crippen LogP contribution in [-0.4, -0.2) is 35.9 Å². The number of aromatic nitrogens is 2. The first kappa shape index (κ1) is 32.0. The summed E-state index contributed by atoms with van der Waals surface area (Å²) in [6.07, 6.45) is 6.07. The van der Waals surface area contributed by atoms with E-state index in [0.717, 1.165) is 53.2 Å². The van der Waals surface area contributed by atoms with Gasteiger partial charge < -0.3 is 18.8 Å². The second kappa shape index (κ2) is 12.7. The van der Waals surface area contributed by atoms with Crippen molar-refractivity contribution in [2.45, 2.75) is 59.4 Å². The van der Waals surface area contributed by atoms with Gasteiger partial charge in [-0.3, -0.25) is 9.36 Å². The second-order valence-electron chi connectivity index (χ2n) is 11.2. The highest BCUT2D eigenvalue weighted by Gasteiger charge is 2.35. The molecule has 9 nitrogen and oxygen atoms in total. The fraction of sp³-hybridized carbons (Fsp3) is 0.353. The third-order valence-electron chi connectivity index (χ3n) is 8.54. The van der Waals surface area contributed by atoms with Crippen LogP contribution in [-0.2, 0) is 22.4 Å². The van der Waals surface area contributed by atoms with Crippen LogP contribution in [0.5, 0.6) is 11.5 Å². The van der Waals surface area contributed by atoms with Crippen LogP contribution in [0, 0.1) is 25.2 Å². The number of carbonyl (C=O) groups is 1. The van der Waals surface area contributed by atoms with Gasteiger partial charge in [0.15, 0.2) is 16.3 Å². The normalized spacial score (nSPS) is 16.0. The first-order valence-corrected chi connectivity index (χ1v) is 17.4. The SMILES string of the molecule is CCOC(=O)C1=C(C)N=c2s/c(=C/c3cc(C)n(-c4sc5c(c4C#N)CCCC5)c3C)c(=O)n2[C@H]1c1cc(OC)c(OC)cc1Br. The van der Waals surface area contributed by atoms with Crippen LogP contribution in [0.2, 0.25) is 0 Å². The maximum absolute atomic E-state index is 14.3. The van der Waals surface area contributed by atoms with Gasteiger partial charge in [0.25, 0.3) is 5.56 Å². The summed E-state index contributed by atoms with van der Waals surface area (Å²) >= 11 is 6.62. The lowest BCUT2D eigenvalue weighted by Gasteiger charge is -2.26. The number of allylic oxidation sites excluding steroid dienone is 1. The molecule has 2 aliphatic rings. The lowest BCUT2D eigenvalue weighted by atomic mass is 9.95. The summed E-state index contributed by atoms with van der Waals surface area (Å²) in [6.45, 7) is 7.71. The van der Waals surface area contributed by atoms with Crippen LogP contribution >= 0.6 is 38.6 Å². The zero-order chi connectivity index (χ0) is 32.9. The lowest BCUT2D eigenvalue weighted by molar-refractivity contribution is -0.139. The van der Waals surface area contributed by atoms with Crippen molar-refractivity contribution in [1.29, 1.82) is 5.26 Å². The maximum atomic E-state index is 14.3. The molecular weight excluding hydrogens is 688 g/mol. The minimum Gasteiger partial charge on any atom is -0.493 e. The van der Waals surface area contributed by atoms with Gasteiger partial charge in [-0.25, -0.2) is 9.79 Å². The summed E-state index contributed by atoms with van der Waals surface area (Å²) in [5.41, 5.74) is 5.85.